The molecule has 10 nitrogen and oxygen atoms in total. The summed E-state index contributed by atoms with van der Waals surface area (Å²) in [4.78, 5) is 30.6. The highest BCUT2D eigenvalue weighted by molar-refractivity contribution is 7.80. The first kappa shape index (κ1) is 30.0. The Bertz CT molecular complexity index is 1480. The van der Waals surface area contributed by atoms with Crippen LogP contribution in [0.3, 0.4) is 0 Å². The van der Waals surface area contributed by atoms with E-state index < -0.39 is 10.8 Å². The molecule has 2 saturated heterocycles. The van der Waals surface area contributed by atoms with E-state index in [9.17, 15) is 14.9 Å². The van der Waals surface area contributed by atoms with E-state index in [2.05, 4.69) is 26.5 Å². The van der Waals surface area contributed by atoms with Gasteiger partial charge >= 0.3 is 0 Å². The van der Waals surface area contributed by atoms with E-state index in [1.165, 1.54) is 6.07 Å². The number of amides is 1. The number of nitrogens with one attached hydrogen (secondary N) is 2. The molecule has 1 amide bonds. The Balaban J connectivity index is 1.16. The number of anilines is 3. The minimum absolute atomic E-state index is 0.0527. The summed E-state index contributed by atoms with van der Waals surface area (Å²) >= 11 is 18.3. The van der Waals surface area contributed by atoms with Crippen LogP contribution >= 0.6 is 35.4 Å². The molecule has 0 bridgehead atoms. The fourth-order valence-corrected chi connectivity index (χ4v) is 5.78. The van der Waals surface area contributed by atoms with Gasteiger partial charge in [0.25, 0.3) is 11.6 Å². The van der Waals surface area contributed by atoms with Crippen LogP contribution in [0, 0.1) is 10.1 Å². The van der Waals surface area contributed by atoms with E-state index >= 15 is 0 Å². The molecular weight excluding hydrogens is 599 g/mol. The van der Waals surface area contributed by atoms with E-state index in [0.717, 1.165) is 49.0 Å². The maximum absolute atomic E-state index is 12.9. The molecule has 3 aromatic rings. The predicted molar refractivity (Wildman–Crippen MR) is 170 cm³/mol. The number of benzene rings is 3. The monoisotopic (exact) mass is 628 g/mol. The van der Waals surface area contributed by atoms with E-state index in [1.807, 2.05) is 35.2 Å². The van der Waals surface area contributed by atoms with Crippen molar-refractivity contribution in [3.63, 3.8) is 0 Å². The zero-order chi connectivity index (χ0) is 29.6. The molecule has 2 aliphatic rings. The summed E-state index contributed by atoms with van der Waals surface area (Å²) in [5.41, 5.74) is 3.09. The Morgan fingerprint density at radius 1 is 0.905 bits per heavy atom. The minimum Gasteiger partial charge on any atom is -0.378 e. The zero-order valence-corrected chi connectivity index (χ0v) is 25.1. The quantitative estimate of drug-likeness (QED) is 0.208. The third-order valence-corrected chi connectivity index (χ3v) is 8.16. The summed E-state index contributed by atoms with van der Waals surface area (Å²) < 4.78 is 5.33. The van der Waals surface area contributed by atoms with Gasteiger partial charge in [-0.1, -0.05) is 41.4 Å². The predicted octanol–water partition coefficient (Wildman–Crippen LogP) is 5.19. The van der Waals surface area contributed by atoms with Crippen molar-refractivity contribution in [1.29, 1.82) is 0 Å². The van der Waals surface area contributed by atoms with Gasteiger partial charge in [0.1, 0.15) is 5.69 Å². The Morgan fingerprint density at radius 2 is 1.60 bits per heavy atom. The topological polar surface area (TPSA) is 103 Å². The van der Waals surface area contributed by atoms with Crippen molar-refractivity contribution in [2.24, 2.45) is 0 Å². The smallest absolute Gasteiger partial charge is 0.293 e. The molecule has 2 fully saturated rings. The summed E-state index contributed by atoms with van der Waals surface area (Å²) in [6.07, 6.45) is 0. The molecule has 13 heteroatoms. The molecule has 220 valence electrons. The average Bonchev–Trinajstić information content (AvgIpc) is 2.99. The lowest BCUT2D eigenvalue weighted by Crippen LogP contribution is -2.46. The van der Waals surface area contributed by atoms with Gasteiger partial charge in [-0.15, -0.1) is 0 Å². The number of thiocarbonyl (C=S) groups is 1. The summed E-state index contributed by atoms with van der Waals surface area (Å²) in [6, 6.07) is 17.8. The first-order valence-corrected chi connectivity index (χ1v) is 14.7. The molecule has 5 rings (SSSR count). The van der Waals surface area contributed by atoms with E-state index in [4.69, 9.17) is 40.2 Å². The number of nitro groups is 1. The SMILES string of the molecule is O=C(NC(=S)Nc1ccc(N2CCN(Cc3ccccc3Cl)CC2)c(Cl)c1)c1ccc(N2CCOCC2)c([N+](=O)[O-])c1. The molecule has 0 spiro atoms. The number of rotatable bonds is 7. The molecule has 2 heterocycles. The van der Waals surface area contributed by atoms with E-state index in [1.54, 1.807) is 18.2 Å². The van der Waals surface area contributed by atoms with Gasteiger partial charge in [0, 0.05) is 68.2 Å². The number of halogens is 2. The highest BCUT2D eigenvalue weighted by Gasteiger charge is 2.24. The maximum atomic E-state index is 12.9. The first-order chi connectivity index (χ1) is 20.3. The fraction of sp³-hybridized carbons (Fsp3) is 0.310. The third-order valence-electron chi connectivity index (χ3n) is 7.28. The van der Waals surface area contributed by atoms with Gasteiger partial charge < -0.3 is 19.9 Å². The van der Waals surface area contributed by atoms with Crippen molar-refractivity contribution in [2.75, 3.05) is 67.6 Å². The Hall–Kier alpha value is -3.48. The van der Waals surface area contributed by atoms with Crippen LogP contribution in [-0.2, 0) is 11.3 Å². The largest absolute Gasteiger partial charge is 0.378 e. The lowest BCUT2D eigenvalue weighted by Gasteiger charge is -2.36. The van der Waals surface area contributed by atoms with Gasteiger partial charge in [-0.2, -0.15) is 0 Å². The Kier molecular flexibility index (Phi) is 9.76. The van der Waals surface area contributed by atoms with Crippen LogP contribution in [0.4, 0.5) is 22.7 Å². The standard InChI is InChI=1S/C29H30Cl2N6O4S/c30-23-4-2-1-3-21(23)19-34-9-11-35(12-10-34)25-8-6-22(18-24(25)31)32-29(42)33-28(38)20-5-7-26(27(17-20)37(39)40)36-13-15-41-16-14-36/h1-8,17-18H,9-16,19H2,(H2,32,33,38,42). The normalized spacial score (nSPS) is 15.8. The molecule has 0 aromatic heterocycles. The van der Waals surface area contributed by atoms with Crippen molar-refractivity contribution < 1.29 is 14.5 Å². The van der Waals surface area contributed by atoms with Crippen molar-refractivity contribution in [3.8, 4) is 0 Å². The van der Waals surface area contributed by atoms with Gasteiger partial charge in [0.05, 0.1) is 28.8 Å². The minimum atomic E-state index is -0.554. The molecule has 2 N–H and O–H groups in total. The van der Waals surface area contributed by atoms with Crippen molar-refractivity contribution in [1.82, 2.24) is 10.2 Å². The lowest BCUT2D eigenvalue weighted by molar-refractivity contribution is -0.384. The van der Waals surface area contributed by atoms with Crippen LogP contribution in [0.15, 0.2) is 60.7 Å². The van der Waals surface area contributed by atoms with E-state index in [-0.39, 0.29) is 16.4 Å². The molecule has 2 aliphatic heterocycles. The average molecular weight is 630 g/mol. The second kappa shape index (κ2) is 13.7. The molecule has 0 aliphatic carbocycles. The summed E-state index contributed by atoms with van der Waals surface area (Å²) in [5.74, 6) is -0.554. The van der Waals surface area contributed by atoms with Gasteiger partial charge in [-0.3, -0.25) is 25.1 Å². The Morgan fingerprint density at radius 3 is 2.29 bits per heavy atom. The van der Waals surface area contributed by atoms with Crippen molar-refractivity contribution in [2.45, 2.75) is 6.54 Å². The molecule has 0 atom stereocenters. The number of morpholine rings is 1. The van der Waals surface area contributed by atoms with Gasteiger partial charge in [0.15, 0.2) is 5.11 Å². The number of carbonyl (C=O) groups excluding carboxylic acids is 1. The summed E-state index contributed by atoms with van der Waals surface area (Å²) in [6.45, 7) is 6.27. The number of ether oxygens (including phenoxy) is 1. The third kappa shape index (κ3) is 7.29. The van der Waals surface area contributed by atoms with Crippen molar-refractivity contribution >= 4 is 69.2 Å². The molecule has 42 heavy (non-hydrogen) atoms. The second-order valence-corrected chi connectivity index (χ2v) is 11.2. The maximum Gasteiger partial charge on any atom is 0.293 e. The van der Waals surface area contributed by atoms with Gasteiger partial charge in [-0.05, 0) is 54.2 Å². The van der Waals surface area contributed by atoms with Gasteiger partial charge in [-0.25, -0.2) is 0 Å². The zero-order valence-electron chi connectivity index (χ0n) is 22.7. The molecule has 0 unspecified atom stereocenters. The van der Waals surface area contributed by atoms with Crippen LogP contribution in [0.2, 0.25) is 10.0 Å². The lowest BCUT2D eigenvalue weighted by atomic mass is 10.1. The number of nitrogens with zero attached hydrogens (tertiary/aromatic N) is 4. The number of nitro benzene ring substituents is 1. The summed E-state index contributed by atoms with van der Waals surface area (Å²) in [7, 11) is 0. The van der Waals surface area contributed by atoms with Gasteiger partial charge in [0.2, 0.25) is 0 Å². The molecular formula is C29H30Cl2N6O4S. The number of piperazine rings is 1. The second-order valence-electron chi connectivity index (χ2n) is 9.99. The summed E-state index contributed by atoms with van der Waals surface area (Å²) in [5, 5.41) is 18.7. The Labute approximate surface area is 259 Å². The number of carbonyl (C=O) groups is 1. The number of hydrogen-bond donors (Lipinski definition) is 2. The van der Waals surface area contributed by atoms with Crippen molar-refractivity contribution in [3.05, 3.63) is 92.0 Å². The van der Waals surface area contributed by atoms with Crippen LogP contribution < -0.4 is 20.4 Å². The molecule has 0 saturated carbocycles. The molecule has 3 aromatic carbocycles. The van der Waals surface area contributed by atoms with Crippen LogP contribution in [0.25, 0.3) is 0 Å². The fourth-order valence-electron chi connectivity index (χ4n) is 5.08. The highest BCUT2D eigenvalue weighted by Crippen LogP contribution is 2.31. The molecule has 0 radical (unpaired) electrons. The number of hydrogen-bond acceptors (Lipinski definition) is 8. The first-order valence-electron chi connectivity index (χ1n) is 13.5. The van der Waals surface area contributed by atoms with E-state index in [0.29, 0.717) is 42.7 Å². The van der Waals surface area contributed by atoms with Crippen LogP contribution in [0.5, 0.6) is 0 Å². The highest BCUT2D eigenvalue weighted by atomic mass is 35.5. The van der Waals surface area contributed by atoms with Crippen LogP contribution in [0.1, 0.15) is 15.9 Å². The van der Waals surface area contributed by atoms with Crippen LogP contribution in [-0.4, -0.2) is 73.3 Å².